The zero-order chi connectivity index (χ0) is 21.7. The summed E-state index contributed by atoms with van der Waals surface area (Å²) in [6, 6.07) is 12.2. The maximum Gasteiger partial charge on any atom is 0.262 e. The standard InChI is InChI=1S/C23H29N3O2S2/c1-5-18-13-19-21(30-18)25-23(29-14-20(27)24-16(4)15(2)3)26(22(19)28)12-11-17-9-7-6-8-10-17/h6-10,13,15-16H,5,11-12,14H2,1-4H3,(H,24,27). The van der Waals surface area contributed by atoms with Gasteiger partial charge < -0.3 is 5.32 Å². The second-order valence-corrected chi connectivity index (χ2v) is 9.82. The van der Waals surface area contributed by atoms with Crippen molar-refractivity contribution >= 4 is 39.2 Å². The van der Waals surface area contributed by atoms with Crippen molar-refractivity contribution in [3.05, 3.63) is 57.2 Å². The van der Waals surface area contributed by atoms with Crippen LogP contribution in [0.5, 0.6) is 0 Å². The number of nitrogens with one attached hydrogen (secondary N) is 1. The molecule has 0 aliphatic heterocycles. The molecule has 7 heteroatoms. The van der Waals surface area contributed by atoms with E-state index in [0.717, 1.165) is 22.5 Å². The fourth-order valence-corrected chi connectivity index (χ4v) is 4.85. The van der Waals surface area contributed by atoms with Gasteiger partial charge in [0, 0.05) is 17.5 Å². The Morgan fingerprint density at radius 2 is 1.97 bits per heavy atom. The summed E-state index contributed by atoms with van der Waals surface area (Å²) in [6.07, 6.45) is 1.62. The van der Waals surface area contributed by atoms with Crippen LogP contribution >= 0.6 is 23.1 Å². The van der Waals surface area contributed by atoms with Gasteiger partial charge in [0.2, 0.25) is 5.91 Å². The monoisotopic (exact) mass is 443 g/mol. The van der Waals surface area contributed by atoms with Gasteiger partial charge in [-0.05, 0) is 37.3 Å². The molecule has 0 fully saturated rings. The van der Waals surface area contributed by atoms with E-state index in [1.165, 1.54) is 17.3 Å². The summed E-state index contributed by atoms with van der Waals surface area (Å²) in [5.74, 6) is 0.577. The van der Waals surface area contributed by atoms with Crippen LogP contribution in [0.25, 0.3) is 10.2 Å². The third kappa shape index (κ3) is 5.52. The Labute approximate surface area is 185 Å². The number of fused-ring (bicyclic) bond motifs is 1. The summed E-state index contributed by atoms with van der Waals surface area (Å²) in [4.78, 5) is 32.3. The number of hydrogen-bond donors (Lipinski definition) is 1. The molecule has 0 spiro atoms. The van der Waals surface area contributed by atoms with Gasteiger partial charge >= 0.3 is 0 Å². The fraction of sp³-hybridized carbons (Fsp3) is 0.435. The summed E-state index contributed by atoms with van der Waals surface area (Å²) >= 11 is 2.90. The van der Waals surface area contributed by atoms with Crippen LogP contribution < -0.4 is 10.9 Å². The highest BCUT2D eigenvalue weighted by atomic mass is 32.2. The Balaban J connectivity index is 1.86. The number of thioether (sulfide) groups is 1. The molecule has 2 aromatic heterocycles. The van der Waals surface area contributed by atoms with Crippen LogP contribution in [-0.2, 0) is 24.2 Å². The summed E-state index contributed by atoms with van der Waals surface area (Å²) in [5.41, 5.74) is 1.15. The van der Waals surface area contributed by atoms with Gasteiger partial charge in [-0.15, -0.1) is 11.3 Å². The maximum atomic E-state index is 13.2. The molecule has 3 rings (SSSR count). The van der Waals surface area contributed by atoms with Crippen LogP contribution in [0.3, 0.4) is 0 Å². The third-order valence-electron chi connectivity index (χ3n) is 5.20. The normalized spacial score (nSPS) is 12.4. The molecule has 0 radical (unpaired) electrons. The molecule has 30 heavy (non-hydrogen) atoms. The summed E-state index contributed by atoms with van der Waals surface area (Å²) in [6.45, 7) is 8.78. The Bertz CT molecular complexity index is 1060. The Morgan fingerprint density at radius 1 is 1.23 bits per heavy atom. The molecule has 1 aromatic carbocycles. The molecule has 0 saturated heterocycles. The second kappa shape index (κ2) is 10.3. The first kappa shape index (κ1) is 22.6. The van der Waals surface area contributed by atoms with Gasteiger partial charge in [0.15, 0.2) is 5.16 Å². The number of rotatable bonds is 9. The first-order valence-corrected chi connectivity index (χ1v) is 12.2. The quantitative estimate of drug-likeness (QED) is 0.390. The van der Waals surface area contributed by atoms with Gasteiger partial charge in [-0.1, -0.05) is 62.9 Å². The minimum Gasteiger partial charge on any atom is -0.353 e. The van der Waals surface area contributed by atoms with E-state index in [4.69, 9.17) is 4.98 Å². The molecule has 5 nitrogen and oxygen atoms in total. The largest absolute Gasteiger partial charge is 0.353 e. The molecule has 1 amide bonds. The smallest absolute Gasteiger partial charge is 0.262 e. The number of aryl methyl sites for hydroxylation is 2. The summed E-state index contributed by atoms with van der Waals surface area (Å²) in [5, 5.41) is 4.30. The molecule has 1 unspecified atom stereocenters. The molecule has 160 valence electrons. The van der Waals surface area contributed by atoms with Crippen LogP contribution in [0.4, 0.5) is 0 Å². The van der Waals surface area contributed by atoms with Crippen LogP contribution in [0, 0.1) is 5.92 Å². The fourth-order valence-electron chi connectivity index (χ4n) is 3.01. The highest BCUT2D eigenvalue weighted by Crippen LogP contribution is 2.25. The van der Waals surface area contributed by atoms with E-state index in [1.54, 1.807) is 15.9 Å². The van der Waals surface area contributed by atoms with Crippen molar-refractivity contribution in [2.24, 2.45) is 5.92 Å². The minimum atomic E-state index is -0.0365. The lowest BCUT2D eigenvalue weighted by atomic mass is 10.1. The summed E-state index contributed by atoms with van der Waals surface area (Å²) < 4.78 is 1.73. The molecule has 3 aromatic rings. The molecule has 1 N–H and O–H groups in total. The average molecular weight is 444 g/mol. The molecule has 0 bridgehead atoms. The lowest BCUT2D eigenvalue weighted by Gasteiger charge is -2.17. The highest BCUT2D eigenvalue weighted by Gasteiger charge is 2.17. The Morgan fingerprint density at radius 3 is 2.63 bits per heavy atom. The van der Waals surface area contributed by atoms with Gasteiger partial charge in [0.1, 0.15) is 4.83 Å². The predicted octanol–water partition coefficient (Wildman–Crippen LogP) is 4.52. The van der Waals surface area contributed by atoms with Gasteiger partial charge in [-0.2, -0.15) is 0 Å². The molecule has 0 aliphatic rings. The number of amides is 1. The van der Waals surface area contributed by atoms with Gasteiger partial charge in [0.25, 0.3) is 5.56 Å². The maximum absolute atomic E-state index is 13.2. The van der Waals surface area contributed by atoms with Gasteiger partial charge in [0.05, 0.1) is 11.1 Å². The third-order valence-corrected chi connectivity index (χ3v) is 7.35. The van der Waals surface area contributed by atoms with E-state index in [1.807, 2.05) is 31.2 Å². The van der Waals surface area contributed by atoms with Crippen molar-refractivity contribution in [2.45, 2.75) is 58.3 Å². The number of aromatic nitrogens is 2. The highest BCUT2D eigenvalue weighted by molar-refractivity contribution is 7.99. The molecular formula is C23H29N3O2S2. The van der Waals surface area contributed by atoms with E-state index < -0.39 is 0 Å². The molecule has 2 heterocycles. The summed E-state index contributed by atoms with van der Waals surface area (Å²) in [7, 11) is 0. The topological polar surface area (TPSA) is 64.0 Å². The Kier molecular flexibility index (Phi) is 7.72. The molecule has 1 atom stereocenters. The zero-order valence-corrected chi connectivity index (χ0v) is 19.6. The first-order chi connectivity index (χ1) is 14.4. The number of benzene rings is 1. The lowest BCUT2D eigenvalue weighted by molar-refractivity contribution is -0.119. The van der Waals surface area contributed by atoms with Gasteiger partial charge in [-0.3, -0.25) is 14.2 Å². The van der Waals surface area contributed by atoms with E-state index in [9.17, 15) is 9.59 Å². The first-order valence-electron chi connectivity index (χ1n) is 10.4. The van der Waals surface area contributed by atoms with Crippen molar-refractivity contribution in [3.8, 4) is 0 Å². The van der Waals surface area contributed by atoms with E-state index in [0.29, 0.717) is 23.0 Å². The number of carbonyl (C=O) groups is 1. The van der Waals surface area contributed by atoms with Crippen molar-refractivity contribution in [1.82, 2.24) is 14.9 Å². The number of nitrogens with zero attached hydrogens (tertiary/aromatic N) is 2. The van der Waals surface area contributed by atoms with Crippen molar-refractivity contribution < 1.29 is 4.79 Å². The predicted molar refractivity (Wildman–Crippen MR) is 127 cm³/mol. The molecule has 0 saturated carbocycles. The van der Waals surface area contributed by atoms with Crippen molar-refractivity contribution in [1.29, 1.82) is 0 Å². The lowest BCUT2D eigenvalue weighted by Crippen LogP contribution is -2.37. The Hall–Kier alpha value is -2.12. The minimum absolute atomic E-state index is 0.0228. The van der Waals surface area contributed by atoms with E-state index >= 15 is 0 Å². The average Bonchev–Trinajstić information content (AvgIpc) is 3.16. The molecular weight excluding hydrogens is 414 g/mol. The van der Waals surface area contributed by atoms with Crippen molar-refractivity contribution in [3.63, 3.8) is 0 Å². The SMILES string of the molecule is CCc1cc2c(=O)n(CCc3ccccc3)c(SCC(=O)NC(C)C(C)C)nc2s1. The second-order valence-electron chi connectivity index (χ2n) is 7.76. The van der Waals surface area contributed by atoms with Crippen LogP contribution in [0.15, 0.2) is 46.3 Å². The van der Waals surface area contributed by atoms with Crippen molar-refractivity contribution in [2.75, 3.05) is 5.75 Å². The number of carbonyl (C=O) groups excluding carboxylic acids is 1. The number of hydrogen-bond acceptors (Lipinski definition) is 5. The zero-order valence-electron chi connectivity index (χ0n) is 18.0. The van der Waals surface area contributed by atoms with Crippen LogP contribution in [0.2, 0.25) is 0 Å². The molecule has 0 aliphatic carbocycles. The number of thiophene rings is 1. The van der Waals surface area contributed by atoms with Gasteiger partial charge in [-0.25, -0.2) is 4.98 Å². The van der Waals surface area contributed by atoms with Crippen LogP contribution in [0.1, 0.15) is 38.1 Å². The van der Waals surface area contributed by atoms with E-state index in [-0.39, 0.29) is 23.3 Å². The van der Waals surface area contributed by atoms with Crippen LogP contribution in [-0.4, -0.2) is 27.3 Å². The van der Waals surface area contributed by atoms with E-state index in [2.05, 4.69) is 38.2 Å².